The highest BCUT2D eigenvalue weighted by molar-refractivity contribution is 7.99. The van der Waals surface area contributed by atoms with E-state index in [1.165, 1.54) is 22.3 Å². The number of thioether (sulfide) groups is 1. The van der Waals surface area contributed by atoms with Gasteiger partial charge in [-0.25, -0.2) is 13.4 Å². The van der Waals surface area contributed by atoms with Gasteiger partial charge in [-0.1, -0.05) is 30.8 Å². The van der Waals surface area contributed by atoms with E-state index in [1.807, 2.05) is 24.3 Å². The van der Waals surface area contributed by atoms with E-state index in [4.69, 9.17) is 0 Å². The Morgan fingerprint density at radius 1 is 1.22 bits per heavy atom. The van der Waals surface area contributed by atoms with Crippen LogP contribution < -0.4 is 5.32 Å². The van der Waals surface area contributed by atoms with Crippen molar-refractivity contribution in [1.29, 1.82) is 0 Å². The number of sulfonamides is 1. The molecule has 144 valence electrons. The molecule has 0 radical (unpaired) electrons. The fraction of sp³-hybridized carbons (Fsp3) is 0.368. The first kappa shape index (κ1) is 19.9. The summed E-state index contributed by atoms with van der Waals surface area (Å²) in [6.45, 7) is 3.20. The Hall–Kier alpha value is -1.90. The highest BCUT2D eigenvalue weighted by Crippen LogP contribution is 2.22. The number of amides is 1. The van der Waals surface area contributed by atoms with Gasteiger partial charge in [0.25, 0.3) is 0 Å². The van der Waals surface area contributed by atoms with Crippen molar-refractivity contribution >= 4 is 33.4 Å². The van der Waals surface area contributed by atoms with Gasteiger partial charge in [-0.05, 0) is 49.1 Å². The maximum Gasteiger partial charge on any atom is 0.244 e. The van der Waals surface area contributed by atoms with Crippen molar-refractivity contribution < 1.29 is 13.2 Å². The standard InChI is InChI=1S/C19H23N3O3S2/c1-2-15-6-5-7-16(12-15)21-18(23)14-26-19-9-8-17(13-20-19)27(24,25)22-10-3-4-11-22/h5-9,12-13H,2-4,10-11,14H2,1H3,(H,21,23). The van der Waals surface area contributed by atoms with Crippen LogP contribution in [-0.2, 0) is 21.2 Å². The molecule has 3 rings (SSSR count). The number of carbonyl (C=O) groups is 1. The highest BCUT2D eigenvalue weighted by Gasteiger charge is 2.27. The van der Waals surface area contributed by atoms with Gasteiger partial charge in [0.15, 0.2) is 0 Å². The quantitative estimate of drug-likeness (QED) is 0.716. The van der Waals surface area contributed by atoms with Crippen LogP contribution in [0.2, 0.25) is 0 Å². The molecule has 0 atom stereocenters. The number of benzene rings is 1. The van der Waals surface area contributed by atoms with E-state index in [0.29, 0.717) is 18.1 Å². The molecule has 1 aromatic carbocycles. The number of carbonyl (C=O) groups excluding carboxylic acids is 1. The fourth-order valence-electron chi connectivity index (χ4n) is 2.89. The van der Waals surface area contributed by atoms with E-state index in [2.05, 4.69) is 17.2 Å². The summed E-state index contributed by atoms with van der Waals surface area (Å²) in [6.07, 6.45) is 4.08. The Morgan fingerprint density at radius 3 is 2.67 bits per heavy atom. The number of aromatic nitrogens is 1. The van der Waals surface area contributed by atoms with Gasteiger partial charge in [-0.3, -0.25) is 4.79 Å². The lowest BCUT2D eigenvalue weighted by atomic mass is 10.1. The normalized spacial score (nSPS) is 15.0. The van der Waals surface area contributed by atoms with Gasteiger partial charge < -0.3 is 5.32 Å². The summed E-state index contributed by atoms with van der Waals surface area (Å²) < 4.78 is 26.5. The van der Waals surface area contributed by atoms with E-state index < -0.39 is 10.0 Å². The van der Waals surface area contributed by atoms with E-state index >= 15 is 0 Å². The monoisotopic (exact) mass is 405 g/mol. The predicted molar refractivity (Wildman–Crippen MR) is 107 cm³/mol. The number of nitrogens with one attached hydrogen (secondary N) is 1. The zero-order valence-electron chi connectivity index (χ0n) is 15.2. The van der Waals surface area contributed by atoms with Crippen LogP contribution in [0.15, 0.2) is 52.5 Å². The zero-order chi connectivity index (χ0) is 19.3. The number of rotatable bonds is 7. The minimum atomic E-state index is -3.45. The summed E-state index contributed by atoms with van der Waals surface area (Å²) in [6, 6.07) is 11.0. The van der Waals surface area contributed by atoms with Crippen LogP contribution in [0.25, 0.3) is 0 Å². The molecule has 2 heterocycles. The van der Waals surface area contributed by atoms with Gasteiger partial charge in [0, 0.05) is 25.0 Å². The molecule has 1 N–H and O–H groups in total. The second-order valence-electron chi connectivity index (χ2n) is 6.33. The van der Waals surface area contributed by atoms with Crippen LogP contribution in [0.4, 0.5) is 5.69 Å². The minimum Gasteiger partial charge on any atom is -0.325 e. The summed E-state index contributed by atoms with van der Waals surface area (Å²) >= 11 is 1.28. The lowest BCUT2D eigenvalue weighted by Crippen LogP contribution is -2.27. The number of hydrogen-bond donors (Lipinski definition) is 1. The molecule has 1 aliphatic heterocycles. The van der Waals surface area contributed by atoms with Crippen molar-refractivity contribution in [1.82, 2.24) is 9.29 Å². The molecule has 1 aliphatic rings. The first-order valence-corrected chi connectivity index (χ1v) is 11.4. The summed E-state index contributed by atoms with van der Waals surface area (Å²) in [5.74, 6) is 0.0884. The van der Waals surface area contributed by atoms with Crippen molar-refractivity contribution in [3.05, 3.63) is 48.2 Å². The Balaban J connectivity index is 1.56. The Bertz CT molecular complexity index is 893. The Morgan fingerprint density at radius 2 is 2.00 bits per heavy atom. The van der Waals surface area contributed by atoms with E-state index in [0.717, 1.165) is 30.5 Å². The Labute approximate surface area is 164 Å². The third-order valence-electron chi connectivity index (χ3n) is 4.38. The first-order chi connectivity index (χ1) is 13.0. The van der Waals surface area contributed by atoms with Crippen LogP contribution in [-0.4, -0.2) is 42.5 Å². The average molecular weight is 406 g/mol. The molecular formula is C19H23N3O3S2. The van der Waals surface area contributed by atoms with Crippen LogP contribution in [0.1, 0.15) is 25.3 Å². The van der Waals surface area contributed by atoms with Gasteiger partial charge in [-0.2, -0.15) is 4.31 Å². The lowest BCUT2D eigenvalue weighted by molar-refractivity contribution is -0.113. The summed E-state index contributed by atoms with van der Waals surface area (Å²) in [4.78, 5) is 16.5. The first-order valence-electron chi connectivity index (χ1n) is 8.97. The lowest BCUT2D eigenvalue weighted by Gasteiger charge is -2.15. The molecule has 1 aromatic heterocycles. The molecule has 0 saturated carbocycles. The van der Waals surface area contributed by atoms with Gasteiger partial charge >= 0.3 is 0 Å². The molecule has 8 heteroatoms. The maximum atomic E-state index is 12.5. The number of aryl methyl sites for hydroxylation is 1. The van der Waals surface area contributed by atoms with Crippen LogP contribution in [0, 0.1) is 0 Å². The number of hydrogen-bond acceptors (Lipinski definition) is 5. The van der Waals surface area contributed by atoms with Gasteiger partial charge in [0.1, 0.15) is 4.90 Å². The maximum absolute atomic E-state index is 12.5. The fourth-order valence-corrected chi connectivity index (χ4v) is 4.99. The minimum absolute atomic E-state index is 0.121. The summed E-state index contributed by atoms with van der Waals surface area (Å²) in [7, 11) is -3.45. The predicted octanol–water partition coefficient (Wildman–Crippen LogP) is 3.16. The second-order valence-corrected chi connectivity index (χ2v) is 9.27. The summed E-state index contributed by atoms with van der Waals surface area (Å²) in [5.41, 5.74) is 1.94. The molecule has 0 unspecified atom stereocenters. The van der Waals surface area contributed by atoms with Crippen molar-refractivity contribution in [3.8, 4) is 0 Å². The molecule has 1 fully saturated rings. The van der Waals surface area contributed by atoms with Crippen LogP contribution >= 0.6 is 11.8 Å². The zero-order valence-corrected chi connectivity index (χ0v) is 16.9. The van der Waals surface area contributed by atoms with E-state index in [1.54, 1.807) is 12.1 Å². The molecule has 2 aromatic rings. The topological polar surface area (TPSA) is 79.4 Å². The van der Waals surface area contributed by atoms with Gasteiger partial charge in [0.05, 0.1) is 10.8 Å². The molecule has 1 saturated heterocycles. The van der Waals surface area contributed by atoms with Crippen molar-refractivity contribution in [2.45, 2.75) is 36.1 Å². The molecular weight excluding hydrogens is 382 g/mol. The third kappa shape index (κ3) is 5.09. The van der Waals surface area contributed by atoms with Gasteiger partial charge in [0.2, 0.25) is 15.9 Å². The van der Waals surface area contributed by atoms with Crippen molar-refractivity contribution in [2.24, 2.45) is 0 Å². The SMILES string of the molecule is CCc1cccc(NC(=O)CSc2ccc(S(=O)(=O)N3CCCC3)cn2)c1. The third-order valence-corrected chi connectivity index (χ3v) is 7.21. The highest BCUT2D eigenvalue weighted by atomic mass is 32.2. The molecule has 1 amide bonds. The molecule has 0 spiro atoms. The number of nitrogens with zero attached hydrogens (tertiary/aromatic N) is 2. The second kappa shape index (κ2) is 8.86. The average Bonchev–Trinajstić information content (AvgIpc) is 3.22. The Kier molecular flexibility index (Phi) is 6.51. The smallest absolute Gasteiger partial charge is 0.244 e. The molecule has 0 bridgehead atoms. The van der Waals surface area contributed by atoms with E-state index in [9.17, 15) is 13.2 Å². The number of pyridine rings is 1. The largest absolute Gasteiger partial charge is 0.325 e. The molecule has 6 nitrogen and oxygen atoms in total. The number of anilines is 1. The van der Waals surface area contributed by atoms with Gasteiger partial charge in [-0.15, -0.1) is 0 Å². The van der Waals surface area contributed by atoms with Crippen molar-refractivity contribution in [3.63, 3.8) is 0 Å². The summed E-state index contributed by atoms with van der Waals surface area (Å²) in [5, 5.41) is 3.49. The van der Waals surface area contributed by atoms with Crippen molar-refractivity contribution in [2.75, 3.05) is 24.2 Å². The van der Waals surface area contributed by atoms with Crippen LogP contribution in [0.5, 0.6) is 0 Å². The van der Waals surface area contributed by atoms with E-state index in [-0.39, 0.29) is 16.6 Å². The molecule has 0 aliphatic carbocycles. The van der Waals surface area contributed by atoms with Crippen LogP contribution in [0.3, 0.4) is 0 Å². The molecule has 27 heavy (non-hydrogen) atoms.